The maximum Gasteiger partial charge on any atom is 0.259 e. The van der Waals surface area contributed by atoms with Crippen LogP contribution in [0.4, 0.5) is 4.39 Å². The number of benzene rings is 2. The summed E-state index contributed by atoms with van der Waals surface area (Å²) in [6.07, 6.45) is 0.298. The lowest BCUT2D eigenvalue weighted by atomic mass is 9.85. The van der Waals surface area contributed by atoms with Gasteiger partial charge in [0, 0.05) is 17.1 Å². The molecule has 1 saturated heterocycles. The van der Waals surface area contributed by atoms with Gasteiger partial charge in [-0.05, 0) is 49.2 Å². The van der Waals surface area contributed by atoms with Gasteiger partial charge in [-0.2, -0.15) is 0 Å². The number of sulfonamides is 1. The molecule has 9 heteroatoms. The van der Waals surface area contributed by atoms with Gasteiger partial charge in [-0.25, -0.2) is 12.8 Å². The van der Waals surface area contributed by atoms with Gasteiger partial charge < -0.3 is 4.90 Å². The number of rotatable bonds is 5. The minimum absolute atomic E-state index is 0.0977. The van der Waals surface area contributed by atoms with Crippen molar-refractivity contribution in [3.63, 3.8) is 0 Å². The van der Waals surface area contributed by atoms with Crippen molar-refractivity contribution in [1.29, 1.82) is 0 Å². The molecule has 1 unspecified atom stereocenters. The normalized spacial score (nSPS) is 19.0. The Hall–Kier alpha value is -2.45. The summed E-state index contributed by atoms with van der Waals surface area (Å²) >= 11 is 5.85. The lowest BCUT2D eigenvalue weighted by molar-refractivity contribution is -0.135. The van der Waals surface area contributed by atoms with Gasteiger partial charge in [0.1, 0.15) is 11.4 Å². The minimum atomic E-state index is -3.99. The fraction of sp³-hybridized carbons (Fsp3) is 0.263. The van der Waals surface area contributed by atoms with E-state index >= 15 is 0 Å². The average molecular weight is 425 g/mol. The van der Waals surface area contributed by atoms with E-state index in [-0.39, 0.29) is 12.1 Å². The molecule has 1 aliphatic heterocycles. The van der Waals surface area contributed by atoms with Gasteiger partial charge >= 0.3 is 0 Å². The van der Waals surface area contributed by atoms with Crippen molar-refractivity contribution >= 4 is 33.4 Å². The zero-order chi connectivity index (χ0) is 20.5. The number of amides is 2. The lowest BCUT2D eigenvalue weighted by Crippen LogP contribution is -2.67. The third kappa shape index (κ3) is 4.18. The second kappa shape index (κ2) is 7.52. The van der Waals surface area contributed by atoms with Crippen LogP contribution in [0.5, 0.6) is 0 Å². The Morgan fingerprint density at radius 1 is 1.21 bits per heavy atom. The van der Waals surface area contributed by atoms with Crippen LogP contribution in [0.3, 0.4) is 0 Å². The number of likely N-dealkylation sites (tertiary alicyclic amines) is 1. The molecule has 1 heterocycles. The average Bonchev–Trinajstić information content (AvgIpc) is 2.59. The number of nitrogens with one attached hydrogen (secondary N) is 1. The Morgan fingerprint density at radius 2 is 1.93 bits per heavy atom. The molecule has 0 radical (unpaired) electrons. The molecule has 148 valence electrons. The van der Waals surface area contributed by atoms with Crippen LogP contribution < -0.4 is 4.72 Å². The van der Waals surface area contributed by atoms with Crippen molar-refractivity contribution in [3.8, 4) is 0 Å². The second-order valence-corrected chi connectivity index (χ2v) is 8.97. The minimum Gasteiger partial charge on any atom is -0.324 e. The third-order valence-electron chi connectivity index (χ3n) is 4.72. The zero-order valence-corrected chi connectivity index (χ0v) is 16.6. The summed E-state index contributed by atoms with van der Waals surface area (Å²) in [7, 11) is -3.99. The predicted molar refractivity (Wildman–Crippen MR) is 103 cm³/mol. The Kier molecular flexibility index (Phi) is 5.45. The smallest absolute Gasteiger partial charge is 0.259 e. The summed E-state index contributed by atoms with van der Waals surface area (Å²) in [6.45, 7) is 1.76. The standard InChI is InChI=1S/C19H18ClFN2O4S/c1-19(8-9-23(19)17(24)14-5-3-7-16(21)11-14)18(25)22-28(26,27)12-13-4-2-6-15(20)10-13/h2-7,10-11H,8-9,12H2,1H3,(H,22,25). The molecule has 6 nitrogen and oxygen atoms in total. The van der Waals surface area contributed by atoms with E-state index in [1.807, 2.05) is 4.72 Å². The molecule has 1 aliphatic rings. The first-order chi connectivity index (χ1) is 13.1. The molecule has 0 spiro atoms. The van der Waals surface area contributed by atoms with Gasteiger partial charge in [0.05, 0.1) is 5.75 Å². The summed E-state index contributed by atoms with van der Waals surface area (Å²) in [4.78, 5) is 26.5. The topological polar surface area (TPSA) is 83.6 Å². The van der Waals surface area contributed by atoms with Crippen LogP contribution in [0.15, 0.2) is 48.5 Å². The monoisotopic (exact) mass is 424 g/mol. The van der Waals surface area contributed by atoms with E-state index in [0.29, 0.717) is 17.0 Å². The Morgan fingerprint density at radius 3 is 2.54 bits per heavy atom. The number of halogens is 2. The molecule has 2 amide bonds. The molecule has 1 atom stereocenters. The summed E-state index contributed by atoms with van der Waals surface area (Å²) in [5, 5.41) is 0.386. The number of carbonyl (C=O) groups is 2. The van der Waals surface area contributed by atoms with Crippen molar-refractivity contribution < 1.29 is 22.4 Å². The van der Waals surface area contributed by atoms with Crippen molar-refractivity contribution in [2.75, 3.05) is 6.54 Å². The van der Waals surface area contributed by atoms with Crippen LogP contribution in [0.1, 0.15) is 29.3 Å². The van der Waals surface area contributed by atoms with Crippen LogP contribution in [0.2, 0.25) is 5.02 Å². The largest absolute Gasteiger partial charge is 0.324 e. The number of hydrogen-bond acceptors (Lipinski definition) is 4. The first kappa shape index (κ1) is 20.3. The molecule has 0 aromatic heterocycles. The third-order valence-corrected chi connectivity index (χ3v) is 6.16. The molecule has 28 heavy (non-hydrogen) atoms. The van der Waals surface area contributed by atoms with Gasteiger partial charge in [0.15, 0.2) is 0 Å². The SMILES string of the molecule is CC1(C(=O)NS(=O)(=O)Cc2cccc(Cl)c2)CCN1C(=O)c1cccc(F)c1. The van der Waals surface area contributed by atoms with Crippen molar-refractivity contribution in [2.45, 2.75) is 24.6 Å². The lowest BCUT2D eigenvalue weighted by Gasteiger charge is -2.48. The first-order valence-corrected chi connectivity index (χ1v) is 10.5. The molecule has 0 bridgehead atoms. The molecule has 2 aromatic rings. The van der Waals surface area contributed by atoms with Gasteiger partial charge in [-0.3, -0.25) is 14.3 Å². The first-order valence-electron chi connectivity index (χ1n) is 8.48. The van der Waals surface area contributed by atoms with E-state index in [0.717, 1.165) is 6.07 Å². The van der Waals surface area contributed by atoms with E-state index in [9.17, 15) is 22.4 Å². The molecule has 2 aromatic carbocycles. The van der Waals surface area contributed by atoms with E-state index in [4.69, 9.17) is 11.6 Å². The van der Waals surface area contributed by atoms with Gasteiger partial charge in [0.2, 0.25) is 10.0 Å². The summed E-state index contributed by atoms with van der Waals surface area (Å²) in [5.41, 5.74) is -0.801. The molecular formula is C19H18ClFN2O4S. The summed E-state index contributed by atoms with van der Waals surface area (Å²) in [5.74, 6) is -2.32. The van der Waals surface area contributed by atoms with Gasteiger partial charge in [-0.15, -0.1) is 0 Å². The maximum atomic E-state index is 13.4. The summed E-state index contributed by atoms with van der Waals surface area (Å²) in [6, 6.07) is 11.4. The Labute approximate surface area is 167 Å². The molecular weight excluding hydrogens is 407 g/mol. The number of carbonyl (C=O) groups excluding carboxylic acids is 2. The van der Waals surface area contributed by atoms with E-state index in [1.165, 1.54) is 36.1 Å². The summed E-state index contributed by atoms with van der Waals surface area (Å²) < 4.78 is 40.2. The van der Waals surface area contributed by atoms with Crippen molar-refractivity contribution in [1.82, 2.24) is 9.62 Å². The molecule has 3 rings (SSSR count). The highest BCUT2D eigenvalue weighted by molar-refractivity contribution is 7.89. The molecule has 1 fully saturated rings. The van der Waals surface area contributed by atoms with Crippen LogP contribution >= 0.6 is 11.6 Å². The van der Waals surface area contributed by atoms with E-state index in [1.54, 1.807) is 18.2 Å². The number of hydrogen-bond donors (Lipinski definition) is 1. The van der Waals surface area contributed by atoms with Crippen LogP contribution in [-0.2, 0) is 20.6 Å². The highest BCUT2D eigenvalue weighted by Crippen LogP contribution is 2.32. The van der Waals surface area contributed by atoms with E-state index in [2.05, 4.69) is 0 Å². The maximum absolute atomic E-state index is 13.4. The van der Waals surface area contributed by atoms with Crippen LogP contribution in [-0.4, -0.2) is 37.2 Å². The fourth-order valence-electron chi connectivity index (χ4n) is 3.03. The second-order valence-electron chi connectivity index (χ2n) is 6.81. The Balaban J connectivity index is 1.73. The quantitative estimate of drug-likeness (QED) is 0.799. The van der Waals surface area contributed by atoms with Crippen LogP contribution in [0.25, 0.3) is 0 Å². The Bertz CT molecular complexity index is 1040. The zero-order valence-electron chi connectivity index (χ0n) is 15.0. The molecule has 0 aliphatic carbocycles. The van der Waals surface area contributed by atoms with Crippen molar-refractivity contribution in [3.05, 3.63) is 70.5 Å². The highest BCUT2D eigenvalue weighted by Gasteiger charge is 2.50. The van der Waals surface area contributed by atoms with Gasteiger partial charge in [-0.1, -0.05) is 29.8 Å². The van der Waals surface area contributed by atoms with E-state index < -0.39 is 38.9 Å². The van der Waals surface area contributed by atoms with Crippen LogP contribution in [0, 0.1) is 5.82 Å². The fourth-order valence-corrected chi connectivity index (χ4v) is 4.44. The highest BCUT2D eigenvalue weighted by atomic mass is 35.5. The predicted octanol–water partition coefficient (Wildman–Crippen LogP) is 2.73. The van der Waals surface area contributed by atoms with Crippen molar-refractivity contribution in [2.24, 2.45) is 0 Å². The molecule has 1 N–H and O–H groups in total. The van der Waals surface area contributed by atoms with Gasteiger partial charge in [0.25, 0.3) is 11.8 Å². The number of nitrogens with zero attached hydrogens (tertiary/aromatic N) is 1. The molecule has 0 saturated carbocycles.